The Morgan fingerprint density at radius 2 is 1.95 bits per heavy atom. The van der Waals surface area contributed by atoms with Gasteiger partial charge in [0.15, 0.2) is 0 Å². The predicted molar refractivity (Wildman–Crippen MR) is 79.0 cm³/mol. The van der Waals surface area contributed by atoms with Crippen LogP contribution in [0.5, 0.6) is 0 Å². The van der Waals surface area contributed by atoms with Gasteiger partial charge in [-0.15, -0.1) is 0 Å². The molecule has 118 valence electrons. The Labute approximate surface area is 125 Å². The molecule has 21 heavy (non-hydrogen) atoms. The van der Waals surface area contributed by atoms with Gasteiger partial charge in [-0.25, -0.2) is 17.9 Å². The maximum absolute atomic E-state index is 12.5. The third kappa shape index (κ3) is 3.29. The van der Waals surface area contributed by atoms with Gasteiger partial charge in [0.2, 0.25) is 10.0 Å². The predicted octanol–water partition coefficient (Wildman–Crippen LogP) is 2.38. The standard InChI is InChI=1S/C14H22N2O4S/c1-10(2)16-9-11(8-12(16)13(17)18)21(19,20)15-14(3)6-4-5-7-14/h8-10,15H,4-7H2,1-3H3,(H,17,18). The molecule has 1 aromatic rings. The zero-order chi connectivity index (χ0) is 15.8. The summed E-state index contributed by atoms with van der Waals surface area (Å²) in [5, 5.41) is 9.19. The van der Waals surface area contributed by atoms with Crippen LogP contribution in [0.15, 0.2) is 17.2 Å². The molecule has 2 rings (SSSR count). The fourth-order valence-electron chi connectivity index (χ4n) is 2.84. The minimum absolute atomic E-state index is 0.0121. The molecule has 7 heteroatoms. The lowest BCUT2D eigenvalue weighted by atomic mass is 10.0. The largest absolute Gasteiger partial charge is 0.477 e. The monoisotopic (exact) mass is 314 g/mol. The van der Waals surface area contributed by atoms with Crippen molar-refractivity contribution in [1.29, 1.82) is 0 Å². The minimum atomic E-state index is -3.71. The van der Waals surface area contributed by atoms with Crippen molar-refractivity contribution in [3.8, 4) is 0 Å². The normalized spacial score (nSPS) is 18.3. The molecule has 1 aromatic heterocycles. The van der Waals surface area contributed by atoms with Gasteiger partial charge < -0.3 is 9.67 Å². The van der Waals surface area contributed by atoms with Crippen molar-refractivity contribution in [2.75, 3.05) is 0 Å². The number of nitrogens with one attached hydrogen (secondary N) is 1. The number of nitrogens with zero attached hydrogens (tertiary/aromatic N) is 1. The van der Waals surface area contributed by atoms with Crippen molar-refractivity contribution >= 4 is 16.0 Å². The second-order valence-electron chi connectivity index (χ2n) is 6.24. The van der Waals surface area contributed by atoms with Crippen LogP contribution in [0.2, 0.25) is 0 Å². The van der Waals surface area contributed by atoms with E-state index in [1.807, 2.05) is 20.8 Å². The van der Waals surface area contributed by atoms with Gasteiger partial charge >= 0.3 is 5.97 Å². The molecule has 1 saturated carbocycles. The molecular weight excluding hydrogens is 292 g/mol. The summed E-state index contributed by atoms with van der Waals surface area (Å²) in [4.78, 5) is 11.3. The minimum Gasteiger partial charge on any atom is -0.477 e. The second-order valence-corrected chi connectivity index (χ2v) is 7.92. The van der Waals surface area contributed by atoms with Gasteiger partial charge in [0.1, 0.15) is 10.6 Å². The number of aromatic nitrogens is 1. The number of rotatable bonds is 5. The Morgan fingerprint density at radius 1 is 1.38 bits per heavy atom. The van der Waals surface area contributed by atoms with Crippen LogP contribution in [-0.2, 0) is 10.0 Å². The lowest BCUT2D eigenvalue weighted by molar-refractivity contribution is 0.0683. The highest BCUT2D eigenvalue weighted by molar-refractivity contribution is 7.89. The van der Waals surface area contributed by atoms with Crippen molar-refractivity contribution in [3.05, 3.63) is 18.0 Å². The topological polar surface area (TPSA) is 88.4 Å². The highest BCUT2D eigenvalue weighted by atomic mass is 32.2. The zero-order valence-electron chi connectivity index (χ0n) is 12.6. The molecule has 1 heterocycles. The number of carboxylic acid groups (broad SMARTS) is 1. The molecule has 0 spiro atoms. The molecule has 1 aliphatic rings. The number of carbonyl (C=O) groups is 1. The third-order valence-electron chi connectivity index (χ3n) is 4.00. The van der Waals surface area contributed by atoms with Crippen LogP contribution >= 0.6 is 0 Å². The molecule has 0 saturated heterocycles. The van der Waals surface area contributed by atoms with Gasteiger partial charge in [-0.1, -0.05) is 12.8 Å². The van der Waals surface area contributed by atoms with Crippen LogP contribution in [0.1, 0.15) is 63.0 Å². The Balaban J connectivity index is 2.36. The van der Waals surface area contributed by atoms with Crippen LogP contribution in [0.4, 0.5) is 0 Å². The first-order valence-electron chi connectivity index (χ1n) is 7.14. The van der Waals surface area contributed by atoms with E-state index in [9.17, 15) is 18.3 Å². The lowest BCUT2D eigenvalue weighted by Crippen LogP contribution is -2.43. The number of hydrogen-bond donors (Lipinski definition) is 2. The molecule has 0 aromatic carbocycles. The average molecular weight is 314 g/mol. The summed E-state index contributed by atoms with van der Waals surface area (Å²) in [6.07, 6.45) is 5.03. The molecule has 6 nitrogen and oxygen atoms in total. The number of aromatic carboxylic acids is 1. The highest BCUT2D eigenvalue weighted by Gasteiger charge is 2.34. The molecule has 0 atom stereocenters. The van der Waals surface area contributed by atoms with E-state index in [-0.39, 0.29) is 16.6 Å². The van der Waals surface area contributed by atoms with E-state index in [1.54, 1.807) is 0 Å². The fraction of sp³-hybridized carbons (Fsp3) is 0.643. The third-order valence-corrected chi connectivity index (χ3v) is 5.60. The van der Waals surface area contributed by atoms with Crippen LogP contribution in [-0.4, -0.2) is 29.6 Å². The lowest BCUT2D eigenvalue weighted by Gasteiger charge is -2.24. The first-order valence-corrected chi connectivity index (χ1v) is 8.62. The van der Waals surface area contributed by atoms with Crippen molar-refractivity contribution in [2.45, 2.75) is 62.9 Å². The van der Waals surface area contributed by atoms with Crippen molar-refractivity contribution < 1.29 is 18.3 Å². The van der Waals surface area contributed by atoms with E-state index in [0.29, 0.717) is 0 Å². The molecule has 0 radical (unpaired) electrons. The van der Waals surface area contributed by atoms with E-state index < -0.39 is 21.5 Å². The molecule has 0 aliphatic heterocycles. The summed E-state index contributed by atoms with van der Waals surface area (Å²) >= 11 is 0. The van der Waals surface area contributed by atoms with Crippen LogP contribution in [0.3, 0.4) is 0 Å². The van der Waals surface area contributed by atoms with Gasteiger partial charge in [0.25, 0.3) is 0 Å². The molecule has 0 amide bonds. The maximum atomic E-state index is 12.5. The fourth-order valence-corrected chi connectivity index (χ4v) is 4.33. The zero-order valence-corrected chi connectivity index (χ0v) is 13.4. The van der Waals surface area contributed by atoms with Crippen molar-refractivity contribution in [1.82, 2.24) is 9.29 Å². The quantitative estimate of drug-likeness (QED) is 0.873. The Hall–Kier alpha value is -1.34. The van der Waals surface area contributed by atoms with E-state index in [0.717, 1.165) is 25.7 Å². The molecule has 0 bridgehead atoms. The Kier molecular flexibility index (Phi) is 4.17. The Bertz CT molecular complexity index is 640. The Morgan fingerprint density at radius 3 is 2.38 bits per heavy atom. The number of carboxylic acids is 1. The maximum Gasteiger partial charge on any atom is 0.352 e. The van der Waals surface area contributed by atoms with E-state index in [2.05, 4.69) is 4.72 Å². The summed E-state index contributed by atoms with van der Waals surface area (Å²) in [5.74, 6) is -1.13. The number of sulfonamides is 1. The van der Waals surface area contributed by atoms with Crippen LogP contribution in [0.25, 0.3) is 0 Å². The first-order chi connectivity index (χ1) is 9.65. The van der Waals surface area contributed by atoms with E-state index in [1.165, 1.54) is 16.8 Å². The summed E-state index contributed by atoms with van der Waals surface area (Å²) < 4.78 is 29.2. The summed E-state index contributed by atoms with van der Waals surface area (Å²) in [6, 6.07) is 1.10. The van der Waals surface area contributed by atoms with E-state index in [4.69, 9.17) is 0 Å². The summed E-state index contributed by atoms with van der Waals surface area (Å²) in [7, 11) is -3.71. The van der Waals surface area contributed by atoms with E-state index >= 15 is 0 Å². The molecule has 2 N–H and O–H groups in total. The van der Waals surface area contributed by atoms with Crippen molar-refractivity contribution in [3.63, 3.8) is 0 Å². The molecular formula is C14H22N2O4S. The van der Waals surface area contributed by atoms with Crippen molar-refractivity contribution in [2.24, 2.45) is 0 Å². The van der Waals surface area contributed by atoms with Gasteiger partial charge in [0, 0.05) is 17.8 Å². The van der Waals surface area contributed by atoms with Gasteiger partial charge in [-0.3, -0.25) is 0 Å². The first kappa shape index (κ1) is 16.0. The van der Waals surface area contributed by atoms with Crippen LogP contribution < -0.4 is 4.72 Å². The smallest absolute Gasteiger partial charge is 0.352 e. The highest BCUT2D eigenvalue weighted by Crippen LogP contribution is 2.31. The van der Waals surface area contributed by atoms with Gasteiger partial charge in [0.05, 0.1) is 0 Å². The summed E-state index contributed by atoms with van der Waals surface area (Å²) in [5.41, 5.74) is -0.441. The SMILES string of the molecule is CC(C)n1cc(S(=O)(=O)NC2(C)CCCC2)cc1C(=O)O. The van der Waals surface area contributed by atoms with Gasteiger partial charge in [-0.2, -0.15) is 0 Å². The van der Waals surface area contributed by atoms with Gasteiger partial charge in [-0.05, 0) is 39.7 Å². The molecule has 1 aliphatic carbocycles. The number of hydrogen-bond acceptors (Lipinski definition) is 3. The molecule has 1 fully saturated rings. The second kappa shape index (κ2) is 5.46. The average Bonchev–Trinajstić information content (AvgIpc) is 2.94. The summed E-state index contributed by atoms with van der Waals surface area (Å²) in [6.45, 7) is 5.53. The molecule has 0 unspecified atom stereocenters. The van der Waals surface area contributed by atoms with Crippen LogP contribution in [0, 0.1) is 0 Å².